The number of carbonyl (C=O) groups excluding carboxylic acids is 3. The third kappa shape index (κ3) is 2.34. The molecule has 3 heterocycles. The van der Waals surface area contributed by atoms with Crippen LogP contribution in [-0.2, 0) is 19.1 Å². The standard InChI is InChI=1S/C12H11F3N2O5.Na/c1-22-8-4-2-3-16(11(21)12(13,14)15)6-5(4)17(9(6)18)7(8)10(19)20;/h4-6H,2-3H2,1H3,(H,19,20);/q;+1/p-1/t4?,5-,6+;/m1./s1. The number of carboxylic acid groups (broad SMARTS) is 1. The van der Waals surface area contributed by atoms with Crippen molar-refractivity contribution in [1.29, 1.82) is 0 Å². The average Bonchev–Trinajstić information content (AvgIpc) is 2.76. The van der Waals surface area contributed by atoms with Crippen molar-refractivity contribution in [2.75, 3.05) is 13.7 Å². The van der Waals surface area contributed by atoms with Crippen LogP contribution in [0, 0.1) is 5.92 Å². The molecule has 0 aromatic rings. The van der Waals surface area contributed by atoms with Crippen molar-refractivity contribution < 1.29 is 67.0 Å². The molecule has 0 aromatic heterocycles. The van der Waals surface area contributed by atoms with Gasteiger partial charge in [0.2, 0.25) is 0 Å². The number of ether oxygens (including phenoxy) is 1. The second kappa shape index (κ2) is 5.67. The molecule has 0 N–H and O–H groups in total. The Bertz CT molecular complexity index is 620. The summed E-state index contributed by atoms with van der Waals surface area (Å²) in [6.45, 7) is -0.295. The molecule has 120 valence electrons. The monoisotopic (exact) mass is 342 g/mol. The van der Waals surface area contributed by atoms with Crippen LogP contribution in [0.3, 0.4) is 0 Å². The van der Waals surface area contributed by atoms with Gasteiger partial charge in [-0.3, -0.25) is 14.5 Å². The molecule has 7 nitrogen and oxygen atoms in total. The molecule has 3 rings (SSSR count). The number of carboxylic acids is 1. The van der Waals surface area contributed by atoms with Gasteiger partial charge < -0.3 is 19.5 Å². The van der Waals surface area contributed by atoms with Crippen molar-refractivity contribution in [2.45, 2.75) is 24.7 Å². The first kappa shape index (κ1) is 18.1. The van der Waals surface area contributed by atoms with Gasteiger partial charge in [-0.1, -0.05) is 0 Å². The van der Waals surface area contributed by atoms with Gasteiger partial charge >= 0.3 is 41.6 Å². The van der Waals surface area contributed by atoms with E-state index >= 15 is 0 Å². The third-order valence-corrected chi connectivity index (χ3v) is 4.27. The third-order valence-electron chi connectivity index (χ3n) is 4.27. The number of aliphatic carboxylic acids is 1. The molecule has 23 heavy (non-hydrogen) atoms. The maximum absolute atomic E-state index is 12.6. The van der Waals surface area contributed by atoms with Crippen molar-refractivity contribution in [1.82, 2.24) is 9.80 Å². The van der Waals surface area contributed by atoms with E-state index < -0.39 is 47.7 Å². The number of hydrogen-bond acceptors (Lipinski definition) is 5. The number of nitrogens with zero attached hydrogens (tertiary/aromatic N) is 2. The molecule has 0 bridgehead atoms. The number of piperidine rings is 1. The van der Waals surface area contributed by atoms with Crippen LogP contribution in [0.25, 0.3) is 0 Å². The van der Waals surface area contributed by atoms with Crippen LogP contribution >= 0.6 is 0 Å². The summed E-state index contributed by atoms with van der Waals surface area (Å²) >= 11 is 0. The Morgan fingerprint density at radius 3 is 2.43 bits per heavy atom. The number of rotatable bonds is 2. The minimum Gasteiger partial charge on any atom is -0.543 e. The molecular weight excluding hydrogens is 332 g/mol. The molecule has 2 amide bonds. The molecule has 0 aliphatic carbocycles. The summed E-state index contributed by atoms with van der Waals surface area (Å²) < 4.78 is 42.8. The van der Waals surface area contributed by atoms with E-state index in [1.807, 2.05) is 0 Å². The van der Waals surface area contributed by atoms with Crippen LogP contribution in [0.15, 0.2) is 11.5 Å². The van der Waals surface area contributed by atoms with E-state index in [1.54, 1.807) is 0 Å². The largest absolute Gasteiger partial charge is 1.00 e. The van der Waals surface area contributed by atoms with Crippen molar-refractivity contribution in [2.24, 2.45) is 5.92 Å². The summed E-state index contributed by atoms with van der Waals surface area (Å²) in [5.41, 5.74) is -0.458. The Morgan fingerprint density at radius 2 is 1.96 bits per heavy atom. The molecule has 2 saturated heterocycles. The first-order valence-electron chi connectivity index (χ1n) is 6.40. The number of hydrogen-bond donors (Lipinski definition) is 0. The van der Waals surface area contributed by atoms with Gasteiger partial charge in [0, 0.05) is 12.5 Å². The predicted molar refractivity (Wildman–Crippen MR) is 59.3 cm³/mol. The quantitative estimate of drug-likeness (QED) is 0.373. The fourth-order valence-electron chi connectivity index (χ4n) is 3.48. The topological polar surface area (TPSA) is 90.0 Å². The molecule has 11 heteroatoms. The summed E-state index contributed by atoms with van der Waals surface area (Å²) in [5, 5.41) is 11.2. The number of likely N-dealkylation sites (tertiary alicyclic amines) is 1. The van der Waals surface area contributed by atoms with E-state index in [2.05, 4.69) is 0 Å². The maximum atomic E-state index is 12.6. The van der Waals surface area contributed by atoms with Crippen LogP contribution in [0.1, 0.15) is 6.42 Å². The Morgan fingerprint density at radius 1 is 1.35 bits per heavy atom. The Kier molecular flexibility index (Phi) is 4.46. The van der Waals surface area contributed by atoms with Gasteiger partial charge in [0.25, 0.3) is 5.91 Å². The fourth-order valence-corrected chi connectivity index (χ4v) is 3.48. The van der Waals surface area contributed by atoms with E-state index in [9.17, 15) is 32.7 Å². The average molecular weight is 342 g/mol. The minimum atomic E-state index is -5.08. The number of halogens is 3. The second-order valence-corrected chi connectivity index (χ2v) is 5.24. The van der Waals surface area contributed by atoms with Crippen LogP contribution in [0.2, 0.25) is 0 Å². The summed E-state index contributed by atoms with van der Waals surface area (Å²) in [7, 11) is 1.22. The van der Waals surface area contributed by atoms with Gasteiger partial charge in [-0.05, 0) is 6.42 Å². The predicted octanol–water partition coefficient (Wildman–Crippen LogP) is -4.40. The van der Waals surface area contributed by atoms with Crippen molar-refractivity contribution in [3.8, 4) is 0 Å². The van der Waals surface area contributed by atoms with Crippen LogP contribution in [0.4, 0.5) is 13.2 Å². The number of carbonyl (C=O) groups is 3. The molecule has 3 atom stereocenters. The van der Waals surface area contributed by atoms with Gasteiger partial charge in [0.1, 0.15) is 17.5 Å². The Hall–Kier alpha value is -1.26. The molecular formula is C12H10F3N2NaO5. The number of amides is 2. The number of β-lactam (4-membered cyclic amide) rings is 1. The summed E-state index contributed by atoms with van der Waals surface area (Å²) in [6, 6.07) is -2.15. The van der Waals surface area contributed by atoms with Gasteiger partial charge in [0.15, 0.2) is 0 Å². The van der Waals surface area contributed by atoms with Crippen LogP contribution < -0.4 is 34.7 Å². The molecule has 0 aromatic carbocycles. The first-order valence-corrected chi connectivity index (χ1v) is 6.40. The van der Waals surface area contributed by atoms with E-state index in [-0.39, 0.29) is 48.3 Å². The molecule has 3 aliphatic rings. The number of methoxy groups -OCH3 is 1. The zero-order valence-corrected chi connectivity index (χ0v) is 14.2. The Balaban J connectivity index is 0.00000192. The van der Waals surface area contributed by atoms with Crippen molar-refractivity contribution in [3.63, 3.8) is 0 Å². The summed E-state index contributed by atoms with van der Waals surface area (Å²) in [6.07, 6.45) is -5.01. The second-order valence-electron chi connectivity index (χ2n) is 5.24. The normalized spacial score (nSPS) is 28.9. The van der Waals surface area contributed by atoms with E-state index in [0.717, 1.165) is 4.90 Å². The molecule has 2 fully saturated rings. The smallest absolute Gasteiger partial charge is 0.543 e. The first-order chi connectivity index (χ1) is 10.2. The van der Waals surface area contributed by atoms with Gasteiger partial charge in [-0.2, -0.15) is 13.2 Å². The van der Waals surface area contributed by atoms with Gasteiger partial charge in [-0.15, -0.1) is 0 Å². The zero-order valence-electron chi connectivity index (χ0n) is 12.2. The Labute approximate surface area is 150 Å². The van der Waals surface area contributed by atoms with E-state index in [1.165, 1.54) is 7.11 Å². The fraction of sp³-hybridized carbons (Fsp3) is 0.583. The van der Waals surface area contributed by atoms with Gasteiger partial charge in [-0.25, -0.2) is 0 Å². The van der Waals surface area contributed by atoms with Crippen molar-refractivity contribution in [3.05, 3.63) is 11.5 Å². The van der Waals surface area contributed by atoms with E-state index in [4.69, 9.17) is 4.74 Å². The van der Waals surface area contributed by atoms with Crippen LogP contribution in [0.5, 0.6) is 0 Å². The molecule has 0 saturated carbocycles. The molecule has 0 radical (unpaired) electrons. The summed E-state index contributed by atoms with van der Waals surface area (Å²) in [5.74, 6) is -5.12. The molecule has 1 unspecified atom stereocenters. The number of alkyl halides is 3. The van der Waals surface area contributed by atoms with Crippen molar-refractivity contribution >= 4 is 17.8 Å². The maximum Gasteiger partial charge on any atom is 1.00 e. The SMILES string of the molecule is COC1=C(C(=O)[O-])N2C(=O)[C@@H]3[C@H]2C1CCN3C(=O)C(F)(F)F.[Na+]. The zero-order chi connectivity index (χ0) is 16.4. The van der Waals surface area contributed by atoms with E-state index in [0.29, 0.717) is 4.90 Å². The van der Waals surface area contributed by atoms with Crippen LogP contribution in [-0.4, -0.2) is 59.5 Å². The summed E-state index contributed by atoms with van der Waals surface area (Å²) in [4.78, 5) is 36.0. The minimum absolute atomic E-state index is 0. The molecule has 3 aliphatic heterocycles. The van der Waals surface area contributed by atoms with Gasteiger partial charge in [0.05, 0.1) is 19.1 Å². The molecule has 0 spiro atoms.